The van der Waals surface area contributed by atoms with E-state index >= 15 is 0 Å². The number of carbonyl (C=O) groups is 2. The lowest BCUT2D eigenvalue weighted by Gasteiger charge is -2.15. The maximum atomic E-state index is 11.3. The van der Waals surface area contributed by atoms with Crippen LogP contribution in [-0.4, -0.2) is 24.6 Å². The van der Waals surface area contributed by atoms with E-state index in [9.17, 15) is 9.59 Å². The van der Waals surface area contributed by atoms with Gasteiger partial charge in [0, 0.05) is 12.8 Å². The molecule has 0 aromatic carbocycles. The molecule has 106 valence electrons. The Morgan fingerprint density at radius 1 is 1.00 bits per heavy atom. The van der Waals surface area contributed by atoms with E-state index in [-0.39, 0.29) is 18.0 Å². The van der Waals surface area contributed by atoms with E-state index in [2.05, 4.69) is 0 Å². The third-order valence-corrected chi connectivity index (χ3v) is 2.60. The van der Waals surface area contributed by atoms with Gasteiger partial charge in [-0.25, -0.2) is 0 Å². The number of rotatable bonds is 10. The summed E-state index contributed by atoms with van der Waals surface area (Å²) in [6, 6.07) is 0. The van der Waals surface area contributed by atoms with Crippen LogP contribution in [-0.2, 0) is 19.1 Å². The van der Waals surface area contributed by atoms with Crippen molar-refractivity contribution in [1.82, 2.24) is 0 Å². The van der Waals surface area contributed by atoms with Crippen molar-refractivity contribution in [3.8, 4) is 0 Å². The monoisotopic (exact) mass is 258 g/mol. The Hall–Kier alpha value is -1.06. The van der Waals surface area contributed by atoms with Crippen LogP contribution in [0.3, 0.4) is 0 Å². The van der Waals surface area contributed by atoms with E-state index < -0.39 is 0 Å². The van der Waals surface area contributed by atoms with E-state index in [1.165, 1.54) is 0 Å². The van der Waals surface area contributed by atoms with E-state index in [1.807, 2.05) is 20.8 Å². The molecule has 0 aliphatic carbocycles. The van der Waals surface area contributed by atoms with Gasteiger partial charge in [-0.1, -0.05) is 20.8 Å². The summed E-state index contributed by atoms with van der Waals surface area (Å²) in [6.07, 6.45) is 4.82. The second-order valence-electron chi connectivity index (χ2n) is 4.38. The molecule has 0 saturated carbocycles. The average molecular weight is 258 g/mol. The highest BCUT2D eigenvalue weighted by atomic mass is 16.5. The summed E-state index contributed by atoms with van der Waals surface area (Å²) in [5.41, 5.74) is 0. The Labute approximate surface area is 110 Å². The molecule has 0 bridgehead atoms. The molecule has 0 N–H and O–H groups in total. The van der Waals surface area contributed by atoms with Crippen molar-refractivity contribution in [1.29, 1.82) is 0 Å². The SMILES string of the molecule is CCCC(=O)OCCCC(CC)OC(=O)CCC. The van der Waals surface area contributed by atoms with Gasteiger partial charge in [0.1, 0.15) is 6.10 Å². The Bertz CT molecular complexity index is 238. The van der Waals surface area contributed by atoms with Gasteiger partial charge in [-0.3, -0.25) is 9.59 Å². The molecule has 0 saturated heterocycles. The maximum Gasteiger partial charge on any atom is 0.306 e. The van der Waals surface area contributed by atoms with Gasteiger partial charge in [-0.05, 0) is 32.1 Å². The molecule has 0 aliphatic rings. The fourth-order valence-electron chi connectivity index (χ4n) is 1.57. The van der Waals surface area contributed by atoms with Crippen LogP contribution in [0.4, 0.5) is 0 Å². The van der Waals surface area contributed by atoms with Gasteiger partial charge in [0.05, 0.1) is 6.61 Å². The second kappa shape index (κ2) is 11.1. The average Bonchev–Trinajstić information content (AvgIpc) is 2.33. The number of hydrogen-bond donors (Lipinski definition) is 0. The first kappa shape index (κ1) is 16.9. The Balaban J connectivity index is 3.67. The smallest absolute Gasteiger partial charge is 0.306 e. The van der Waals surface area contributed by atoms with Crippen LogP contribution in [0.5, 0.6) is 0 Å². The van der Waals surface area contributed by atoms with E-state index in [4.69, 9.17) is 9.47 Å². The number of carbonyl (C=O) groups excluding carboxylic acids is 2. The Kier molecular flexibility index (Phi) is 10.4. The molecule has 0 radical (unpaired) electrons. The summed E-state index contributed by atoms with van der Waals surface area (Å²) in [5, 5.41) is 0. The van der Waals surface area contributed by atoms with Crippen molar-refractivity contribution in [2.75, 3.05) is 6.61 Å². The van der Waals surface area contributed by atoms with Crippen molar-refractivity contribution < 1.29 is 19.1 Å². The highest BCUT2D eigenvalue weighted by Gasteiger charge is 2.12. The molecular formula is C14H26O4. The van der Waals surface area contributed by atoms with Gasteiger partial charge in [0.15, 0.2) is 0 Å². The highest BCUT2D eigenvalue weighted by Crippen LogP contribution is 2.09. The summed E-state index contributed by atoms with van der Waals surface area (Å²) in [7, 11) is 0. The Morgan fingerprint density at radius 2 is 1.61 bits per heavy atom. The van der Waals surface area contributed by atoms with Gasteiger partial charge in [-0.15, -0.1) is 0 Å². The molecule has 0 rings (SSSR count). The number of esters is 2. The predicted molar refractivity (Wildman–Crippen MR) is 70.2 cm³/mol. The second-order valence-corrected chi connectivity index (χ2v) is 4.38. The van der Waals surface area contributed by atoms with Crippen LogP contribution in [0, 0.1) is 0 Å². The van der Waals surface area contributed by atoms with Crippen LogP contribution >= 0.6 is 0 Å². The molecule has 4 nitrogen and oxygen atoms in total. The minimum absolute atomic E-state index is 0.0473. The van der Waals surface area contributed by atoms with Gasteiger partial charge in [0.25, 0.3) is 0 Å². The first-order chi connectivity index (χ1) is 8.63. The third-order valence-electron chi connectivity index (χ3n) is 2.60. The molecule has 0 aromatic rings. The lowest BCUT2D eigenvalue weighted by atomic mass is 10.1. The Morgan fingerprint density at radius 3 is 2.17 bits per heavy atom. The summed E-state index contributed by atoms with van der Waals surface area (Å²) in [5.74, 6) is -0.277. The van der Waals surface area contributed by atoms with Crippen molar-refractivity contribution in [3.05, 3.63) is 0 Å². The fourth-order valence-corrected chi connectivity index (χ4v) is 1.57. The molecule has 0 aromatic heterocycles. The van der Waals surface area contributed by atoms with Crippen LogP contribution in [0.1, 0.15) is 65.7 Å². The molecule has 1 unspecified atom stereocenters. The first-order valence-electron chi connectivity index (χ1n) is 6.99. The summed E-state index contributed by atoms with van der Waals surface area (Å²) in [4.78, 5) is 22.4. The third kappa shape index (κ3) is 9.02. The lowest BCUT2D eigenvalue weighted by Crippen LogP contribution is -2.18. The number of hydrogen-bond acceptors (Lipinski definition) is 4. The molecule has 0 heterocycles. The topological polar surface area (TPSA) is 52.6 Å². The first-order valence-corrected chi connectivity index (χ1v) is 6.99. The lowest BCUT2D eigenvalue weighted by molar-refractivity contribution is -0.151. The minimum Gasteiger partial charge on any atom is -0.466 e. The standard InChI is InChI=1S/C14H26O4/c1-4-8-13(15)17-11-7-10-12(6-3)18-14(16)9-5-2/h12H,4-11H2,1-3H3. The van der Waals surface area contributed by atoms with Gasteiger partial charge >= 0.3 is 11.9 Å². The molecule has 4 heteroatoms. The predicted octanol–water partition coefficient (Wildman–Crippen LogP) is 3.23. The molecule has 0 spiro atoms. The van der Waals surface area contributed by atoms with Crippen LogP contribution in [0.25, 0.3) is 0 Å². The molecule has 0 fully saturated rings. The van der Waals surface area contributed by atoms with Crippen molar-refractivity contribution in [2.24, 2.45) is 0 Å². The van der Waals surface area contributed by atoms with E-state index in [0.29, 0.717) is 19.4 Å². The van der Waals surface area contributed by atoms with Gasteiger partial charge < -0.3 is 9.47 Å². The molecule has 1 atom stereocenters. The molecule has 0 aliphatic heterocycles. The van der Waals surface area contributed by atoms with Crippen molar-refractivity contribution in [2.45, 2.75) is 71.8 Å². The normalized spacial score (nSPS) is 11.9. The zero-order chi connectivity index (χ0) is 13.8. The highest BCUT2D eigenvalue weighted by molar-refractivity contribution is 5.69. The zero-order valence-electron chi connectivity index (χ0n) is 11.9. The van der Waals surface area contributed by atoms with Crippen LogP contribution < -0.4 is 0 Å². The minimum atomic E-state index is -0.145. The zero-order valence-corrected chi connectivity index (χ0v) is 11.9. The van der Waals surface area contributed by atoms with Crippen molar-refractivity contribution >= 4 is 11.9 Å². The molecule has 18 heavy (non-hydrogen) atoms. The number of ether oxygens (including phenoxy) is 2. The van der Waals surface area contributed by atoms with Gasteiger partial charge in [-0.2, -0.15) is 0 Å². The summed E-state index contributed by atoms with van der Waals surface area (Å²) in [6.45, 7) is 6.31. The van der Waals surface area contributed by atoms with Crippen molar-refractivity contribution in [3.63, 3.8) is 0 Å². The molecule has 0 amide bonds. The van der Waals surface area contributed by atoms with E-state index in [0.717, 1.165) is 32.1 Å². The van der Waals surface area contributed by atoms with Gasteiger partial charge in [0.2, 0.25) is 0 Å². The van der Waals surface area contributed by atoms with Crippen LogP contribution in [0.2, 0.25) is 0 Å². The summed E-state index contributed by atoms with van der Waals surface area (Å²) < 4.78 is 10.4. The molecular weight excluding hydrogens is 232 g/mol. The van der Waals surface area contributed by atoms with E-state index in [1.54, 1.807) is 0 Å². The fraction of sp³-hybridized carbons (Fsp3) is 0.857. The maximum absolute atomic E-state index is 11.3. The van der Waals surface area contributed by atoms with Crippen LogP contribution in [0.15, 0.2) is 0 Å². The summed E-state index contributed by atoms with van der Waals surface area (Å²) >= 11 is 0. The quantitative estimate of drug-likeness (QED) is 0.446. The largest absolute Gasteiger partial charge is 0.466 e.